The smallest absolute Gasteiger partial charge is 0.337 e. The Balaban J connectivity index is 3.57. The zero-order chi connectivity index (χ0) is 15.3. The van der Waals surface area contributed by atoms with Crippen molar-refractivity contribution in [2.24, 2.45) is 0 Å². The first-order chi connectivity index (χ1) is 9.40. The van der Waals surface area contributed by atoms with Crippen molar-refractivity contribution in [3.63, 3.8) is 0 Å². The Bertz CT molecular complexity index is 623. The third kappa shape index (κ3) is 3.14. The summed E-state index contributed by atoms with van der Waals surface area (Å²) in [6.07, 6.45) is 4.29. The second-order valence-electron chi connectivity index (χ2n) is 3.94. The Morgan fingerprint density at radius 1 is 1.10 bits per heavy atom. The van der Waals surface area contributed by atoms with Gasteiger partial charge >= 0.3 is 11.9 Å². The molecule has 1 aromatic rings. The molecule has 0 radical (unpaired) electrons. The van der Waals surface area contributed by atoms with Crippen LogP contribution in [0, 0.1) is 0 Å². The van der Waals surface area contributed by atoms with E-state index >= 15 is 0 Å². The van der Waals surface area contributed by atoms with Gasteiger partial charge in [0.15, 0.2) is 0 Å². The molecule has 0 aromatic heterocycles. The van der Waals surface area contributed by atoms with Crippen LogP contribution >= 0.6 is 0 Å². The average Bonchev–Trinajstić information content (AvgIpc) is 2.42. The summed E-state index contributed by atoms with van der Waals surface area (Å²) in [6, 6.07) is 4.08. The number of aliphatic hydroxyl groups excluding tert-OH is 1. The van der Waals surface area contributed by atoms with Crippen molar-refractivity contribution in [2.45, 2.75) is 6.92 Å². The minimum atomic E-state index is -1.36. The van der Waals surface area contributed by atoms with Gasteiger partial charge in [0.1, 0.15) is 5.76 Å². The van der Waals surface area contributed by atoms with E-state index in [2.05, 4.69) is 6.58 Å². The maximum atomic E-state index is 11.3. The van der Waals surface area contributed by atoms with Crippen LogP contribution in [-0.4, -0.2) is 27.3 Å². The zero-order valence-corrected chi connectivity index (χ0v) is 10.8. The van der Waals surface area contributed by atoms with Crippen molar-refractivity contribution in [3.8, 4) is 0 Å². The molecule has 0 aliphatic heterocycles. The maximum Gasteiger partial charge on any atom is 0.337 e. The van der Waals surface area contributed by atoms with Gasteiger partial charge in [-0.3, -0.25) is 0 Å². The summed E-state index contributed by atoms with van der Waals surface area (Å²) in [5, 5.41) is 28.1. The quantitative estimate of drug-likeness (QED) is 0.566. The van der Waals surface area contributed by atoms with E-state index in [0.717, 1.165) is 0 Å². The van der Waals surface area contributed by atoms with Gasteiger partial charge in [0, 0.05) is 0 Å². The molecule has 0 spiro atoms. The highest BCUT2D eigenvalue weighted by molar-refractivity contribution is 6.05. The van der Waals surface area contributed by atoms with Crippen molar-refractivity contribution in [1.82, 2.24) is 0 Å². The molecule has 104 valence electrons. The Morgan fingerprint density at radius 2 is 1.70 bits per heavy atom. The number of carboxylic acid groups (broad SMARTS) is 2. The lowest BCUT2D eigenvalue weighted by atomic mass is 9.95. The Hall–Kier alpha value is -2.82. The van der Waals surface area contributed by atoms with Crippen LogP contribution in [0.5, 0.6) is 0 Å². The van der Waals surface area contributed by atoms with Gasteiger partial charge < -0.3 is 15.3 Å². The van der Waals surface area contributed by atoms with Crippen molar-refractivity contribution < 1.29 is 24.9 Å². The Kier molecular flexibility index (Phi) is 4.86. The zero-order valence-electron chi connectivity index (χ0n) is 10.8. The van der Waals surface area contributed by atoms with E-state index in [1.165, 1.54) is 43.4 Å². The predicted molar refractivity (Wildman–Crippen MR) is 74.9 cm³/mol. The Labute approximate surface area is 115 Å². The van der Waals surface area contributed by atoms with Gasteiger partial charge in [-0.05, 0) is 30.2 Å². The SMILES string of the molecule is C=C/C=C\C(O)=C(/C)c1cccc(C(=O)O)c1C(=O)O. The van der Waals surface area contributed by atoms with E-state index in [9.17, 15) is 19.8 Å². The molecule has 0 saturated carbocycles. The van der Waals surface area contributed by atoms with Crippen molar-refractivity contribution >= 4 is 17.5 Å². The summed E-state index contributed by atoms with van der Waals surface area (Å²) in [6.45, 7) is 4.97. The van der Waals surface area contributed by atoms with E-state index in [4.69, 9.17) is 5.11 Å². The van der Waals surface area contributed by atoms with Gasteiger partial charge in [-0.15, -0.1) is 0 Å². The summed E-state index contributed by atoms with van der Waals surface area (Å²) >= 11 is 0. The summed E-state index contributed by atoms with van der Waals surface area (Å²) in [7, 11) is 0. The van der Waals surface area contributed by atoms with Crippen LogP contribution in [0.4, 0.5) is 0 Å². The number of rotatable bonds is 5. The number of allylic oxidation sites excluding steroid dienone is 4. The molecule has 0 bridgehead atoms. The molecule has 0 aliphatic rings. The first-order valence-corrected chi connectivity index (χ1v) is 5.69. The van der Waals surface area contributed by atoms with Gasteiger partial charge in [0.2, 0.25) is 0 Å². The molecule has 1 rings (SSSR count). The number of aromatic carboxylic acids is 2. The van der Waals surface area contributed by atoms with Gasteiger partial charge in [-0.2, -0.15) is 0 Å². The average molecular weight is 274 g/mol. The van der Waals surface area contributed by atoms with Gasteiger partial charge in [-0.1, -0.05) is 30.9 Å². The number of carboxylic acids is 2. The molecule has 0 saturated heterocycles. The Morgan fingerprint density at radius 3 is 2.20 bits per heavy atom. The summed E-state index contributed by atoms with van der Waals surface area (Å²) in [4.78, 5) is 22.4. The molecule has 5 heteroatoms. The molecule has 0 unspecified atom stereocenters. The van der Waals surface area contributed by atoms with Crippen LogP contribution in [0.3, 0.4) is 0 Å². The first-order valence-electron chi connectivity index (χ1n) is 5.69. The van der Waals surface area contributed by atoms with Gasteiger partial charge in [-0.25, -0.2) is 9.59 Å². The summed E-state index contributed by atoms with van der Waals surface area (Å²) < 4.78 is 0. The van der Waals surface area contributed by atoms with Crippen LogP contribution in [0.25, 0.3) is 5.57 Å². The van der Waals surface area contributed by atoms with Crippen molar-refractivity contribution in [3.05, 3.63) is 65.5 Å². The van der Waals surface area contributed by atoms with Crippen molar-refractivity contribution in [2.75, 3.05) is 0 Å². The second kappa shape index (κ2) is 6.38. The highest BCUT2D eigenvalue weighted by Gasteiger charge is 2.21. The largest absolute Gasteiger partial charge is 0.508 e. The molecule has 0 heterocycles. The molecule has 3 N–H and O–H groups in total. The highest BCUT2D eigenvalue weighted by Crippen LogP contribution is 2.25. The van der Waals surface area contributed by atoms with E-state index in [1.807, 2.05) is 0 Å². The van der Waals surface area contributed by atoms with E-state index in [0.29, 0.717) is 0 Å². The van der Waals surface area contributed by atoms with Gasteiger partial charge in [0.05, 0.1) is 11.1 Å². The fourth-order valence-corrected chi connectivity index (χ4v) is 1.70. The van der Waals surface area contributed by atoms with E-state index in [-0.39, 0.29) is 28.0 Å². The van der Waals surface area contributed by atoms with E-state index in [1.54, 1.807) is 0 Å². The maximum absolute atomic E-state index is 11.3. The second-order valence-corrected chi connectivity index (χ2v) is 3.94. The van der Waals surface area contributed by atoms with Crippen LogP contribution in [0.1, 0.15) is 33.2 Å². The molecule has 0 fully saturated rings. The van der Waals surface area contributed by atoms with Crippen LogP contribution in [-0.2, 0) is 0 Å². The normalized spacial score (nSPS) is 12.1. The predicted octanol–water partition coefficient (Wildman–Crippen LogP) is 3.11. The lowest BCUT2D eigenvalue weighted by Crippen LogP contribution is -2.11. The molecule has 20 heavy (non-hydrogen) atoms. The standard InChI is InChI=1S/C15H14O5/c1-3-4-8-12(16)9(2)10-6-5-7-11(14(17)18)13(10)15(19)20/h3-8,16H,1H2,2H3,(H,17,18)(H,19,20)/b8-4-,12-9-. The lowest BCUT2D eigenvalue weighted by molar-refractivity contribution is 0.0651. The number of benzene rings is 1. The van der Waals surface area contributed by atoms with Crippen LogP contribution in [0.2, 0.25) is 0 Å². The fourth-order valence-electron chi connectivity index (χ4n) is 1.70. The topological polar surface area (TPSA) is 94.8 Å². The molecule has 5 nitrogen and oxygen atoms in total. The minimum Gasteiger partial charge on any atom is -0.508 e. The van der Waals surface area contributed by atoms with Crippen molar-refractivity contribution in [1.29, 1.82) is 0 Å². The highest BCUT2D eigenvalue weighted by atomic mass is 16.4. The minimum absolute atomic E-state index is 0.156. The van der Waals surface area contributed by atoms with Gasteiger partial charge in [0.25, 0.3) is 0 Å². The summed E-state index contributed by atoms with van der Waals surface area (Å²) in [5.41, 5.74) is -0.252. The third-order valence-electron chi connectivity index (χ3n) is 2.69. The fraction of sp³-hybridized carbons (Fsp3) is 0.0667. The number of hydrogen-bond donors (Lipinski definition) is 3. The molecule has 0 amide bonds. The van der Waals surface area contributed by atoms with E-state index < -0.39 is 11.9 Å². The van der Waals surface area contributed by atoms with Crippen LogP contribution in [0.15, 0.2) is 48.8 Å². The molecule has 1 aromatic carbocycles. The molecule has 0 atom stereocenters. The van der Waals surface area contributed by atoms with Crippen LogP contribution < -0.4 is 0 Å². The molecular weight excluding hydrogens is 260 g/mol. The monoisotopic (exact) mass is 274 g/mol. The molecular formula is C15H14O5. The molecule has 0 aliphatic carbocycles. The lowest BCUT2D eigenvalue weighted by Gasteiger charge is -2.10. The first kappa shape index (κ1) is 15.2. The summed E-state index contributed by atoms with van der Waals surface area (Å²) in [5.74, 6) is -2.86. The number of hydrogen-bond acceptors (Lipinski definition) is 3. The number of carbonyl (C=O) groups is 2. The third-order valence-corrected chi connectivity index (χ3v) is 2.69. The number of aliphatic hydroxyl groups is 1.